The van der Waals surface area contributed by atoms with Crippen molar-refractivity contribution in [2.24, 2.45) is 0 Å². The number of benzene rings is 3. The van der Waals surface area contributed by atoms with Crippen LogP contribution in [0.5, 0.6) is 23.0 Å². The van der Waals surface area contributed by atoms with Gasteiger partial charge < -0.3 is 40.4 Å². The average Bonchev–Trinajstić information content (AvgIpc) is 3.01. The predicted molar refractivity (Wildman–Crippen MR) is 133 cm³/mol. The molecule has 0 spiro atoms. The number of aryl methyl sites for hydroxylation is 1. The van der Waals surface area contributed by atoms with Crippen molar-refractivity contribution in [3.8, 4) is 23.0 Å². The molecular weight excluding hydrogens is 506 g/mol. The van der Waals surface area contributed by atoms with Crippen LogP contribution in [-0.2, 0) is 25.9 Å². The molecule has 3 aromatic carbocycles. The quantitative estimate of drug-likeness (QED) is 0.451. The number of hydrogen-bond acceptors (Lipinski definition) is 4. The lowest BCUT2D eigenvalue weighted by molar-refractivity contribution is -0.983. The summed E-state index contributed by atoms with van der Waals surface area (Å²) in [5.41, 5.74) is 6.83. The number of rotatable bonds is 6. The van der Waals surface area contributed by atoms with Gasteiger partial charge in [-0.25, -0.2) is 0 Å². The molecule has 5 nitrogen and oxygen atoms in total. The summed E-state index contributed by atoms with van der Waals surface area (Å²) in [4.78, 5) is 0. The first kappa shape index (κ1) is 25.4. The molecule has 0 aromatic heterocycles. The molecule has 0 saturated carbocycles. The van der Waals surface area contributed by atoms with Gasteiger partial charge in [-0.1, -0.05) is 30.3 Å². The summed E-state index contributed by atoms with van der Waals surface area (Å²) in [7, 11) is 6.86. The molecular formula is C29H34BrNO4. The third-order valence-corrected chi connectivity index (χ3v) is 7.66. The molecule has 0 aliphatic carbocycles. The van der Waals surface area contributed by atoms with Gasteiger partial charge in [-0.2, -0.15) is 0 Å². The van der Waals surface area contributed by atoms with Gasteiger partial charge in [0.2, 0.25) is 0 Å². The third-order valence-electron chi connectivity index (χ3n) is 7.66. The molecule has 2 heterocycles. The topological polar surface area (TPSA) is 36.9 Å². The van der Waals surface area contributed by atoms with Gasteiger partial charge in [-0.05, 0) is 41.8 Å². The van der Waals surface area contributed by atoms with Gasteiger partial charge in [-0.3, -0.25) is 0 Å². The number of ether oxygens (including phenoxy) is 4. The average molecular weight is 540 g/mol. The highest BCUT2D eigenvalue weighted by Crippen LogP contribution is 2.48. The van der Waals surface area contributed by atoms with Gasteiger partial charge in [0.25, 0.3) is 0 Å². The Balaban J connectivity index is 0.00000289. The fourth-order valence-electron chi connectivity index (χ4n) is 6.03. The van der Waals surface area contributed by atoms with Crippen molar-refractivity contribution in [1.82, 2.24) is 0 Å². The maximum absolute atomic E-state index is 5.74. The predicted octanol–water partition coefficient (Wildman–Crippen LogP) is 2.49. The molecule has 2 unspecified atom stereocenters. The zero-order valence-electron chi connectivity index (χ0n) is 21.0. The zero-order chi connectivity index (χ0) is 23.7. The molecule has 186 valence electrons. The Morgan fingerprint density at radius 1 is 0.743 bits per heavy atom. The number of hydrogen-bond donors (Lipinski definition) is 0. The molecule has 35 heavy (non-hydrogen) atoms. The Morgan fingerprint density at radius 2 is 1.31 bits per heavy atom. The number of fused-ring (bicyclic) bond motifs is 4. The molecule has 2 aliphatic rings. The first-order valence-electron chi connectivity index (χ1n) is 12.0. The Bertz CT molecular complexity index is 1180. The largest absolute Gasteiger partial charge is 1.00 e. The van der Waals surface area contributed by atoms with Crippen molar-refractivity contribution < 1.29 is 40.4 Å². The second-order valence-electron chi connectivity index (χ2n) is 9.45. The maximum Gasteiger partial charge on any atom is 0.161 e. The highest BCUT2D eigenvalue weighted by Gasteiger charge is 2.45. The monoisotopic (exact) mass is 539 g/mol. The summed E-state index contributed by atoms with van der Waals surface area (Å²) >= 11 is 0. The fraction of sp³-hybridized carbons (Fsp3) is 0.379. The number of methoxy groups -OCH3 is 4. The van der Waals surface area contributed by atoms with Crippen LogP contribution in [0.15, 0.2) is 54.6 Å². The molecule has 2 atom stereocenters. The van der Waals surface area contributed by atoms with Crippen LogP contribution in [0.25, 0.3) is 0 Å². The van der Waals surface area contributed by atoms with E-state index in [0.717, 1.165) is 66.4 Å². The second-order valence-corrected chi connectivity index (χ2v) is 9.45. The molecule has 0 N–H and O–H groups in total. The van der Waals surface area contributed by atoms with E-state index < -0.39 is 0 Å². The Hall–Kier alpha value is -2.70. The summed E-state index contributed by atoms with van der Waals surface area (Å²) in [6.07, 6.45) is 3.13. The molecule has 0 radical (unpaired) electrons. The van der Waals surface area contributed by atoms with E-state index in [1.807, 2.05) is 0 Å². The summed E-state index contributed by atoms with van der Waals surface area (Å²) in [6, 6.07) is 20.0. The summed E-state index contributed by atoms with van der Waals surface area (Å²) in [6.45, 7) is 3.07. The lowest BCUT2D eigenvalue weighted by Crippen LogP contribution is -3.00. The van der Waals surface area contributed by atoms with Crippen molar-refractivity contribution in [3.05, 3.63) is 82.4 Å². The Labute approximate surface area is 218 Å². The Morgan fingerprint density at radius 3 is 1.94 bits per heavy atom. The van der Waals surface area contributed by atoms with Crippen molar-refractivity contribution in [2.45, 2.75) is 38.4 Å². The number of nitrogens with zero attached hydrogens (tertiary/aromatic N) is 1. The molecule has 3 aromatic rings. The van der Waals surface area contributed by atoms with Crippen molar-refractivity contribution in [1.29, 1.82) is 0 Å². The van der Waals surface area contributed by atoms with E-state index in [4.69, 9.17) is 18.9 Å². The lowest BCUT2D eigenvalue weighted by Gasteiger charge is -2.48. The zero-order valence-corrected chi connectivity index (χ0v) is 22.6. The van der Waals surface area contributed by atoms with E-state index >= 15 is 0 Å². The van der Waals surface area contributed by atoms with E-state index in [-0.39, 0.29) is 17.0 Å². The highest BCUT2D eigenvalue weighted by molar-refractivity contribution is 5.51. The summed E-state index contributed by atoms with van der Waals surface area (Å²) < 4.78 is 23.7. The van der Waals surface area contributed by atoms with Crippen LogP contribution < -0.4 is 35.9 Å². The van der Waals surface area contributed by atoms with Gasteiger partial charge >= 0.3 is 0 Å². The van der Waals surface area contributed by atoms with Crippen molar-refractivity contribution in [3.63, 3.8) is 0 Å². The van der Waals surface area contributed by atoms with Crippen molar-refractivity contribution >= 4 is 0 Å². The minimum absolute atomic E-state index is 0. The van der Waals surface area contributed by atoms with E-state index in [0.29, 0.717) is 6.04 Å². The SMILES string of the molecule is COc1cc2c(cc1OC)C[N+]1(Cc3ccccc3)CCCc3cc(OC)c(OC)cc3C1C2.[Br-]. The van der Waals surface area contributed by atoms with Crippen LogP contribution in [0, 0.1) is 0 Å². The van der Waals surface area contributed by atoms with Crippen molar-refractivity contribution in [2.75, 3.05) is 35.0 Å². The molecule has 5 rings (SSSR count). The van der Waals surface area contributed by atoms with Gasteiger partial charge in [0.15, 0.2) is 23.0 Å². The van der Waals surface area contributed by atoms with E-state index in [9.17, 15) is 0 Å². The van der Waals surface area contributed by atoms with Crippen LogP contribution in [0.1, 0.15) is 40.3 Å². The van der Waals surface area contributed by atoms with Gasteiger partial charge in [0, 0.05) is 29.5 Å². The maximum atomic E-state index is 5.74. The minimum Gasteiger partial charge on any atom is -1.00 e. The van der Waals surface area contributed by atoms with E-state index in [1.165, 1.54) is 27.8 Å². The molecule has 0 amide bonds. The first-order chi connectivity index (χ1) is 16.6. The van der Waals surface area contributed by atoms with Crippen LogP contribution in [0.3, 0.4) is 0 Å². The van der Waals surface area contributed by atoms with Crippen LogP contribution in [-0.4, -0.2) is 39.5 Å². The molecule has 0 fully saturated rings. The lowest BCUT2D eigenvalue weighted by atomic mass is 9.85. The molecule has 0 saturated heterocycles. The van der Waals surface area contributed by atoms with Gasteiger partial charge in [0.05, 0.1) is 35.0 Å². The standard InChI is InChI=1S/C29H34NO4.BrH/c1-31-26-14-21-11-8-12-30(18-20-9-6-5-7-10-20)19-23-16-28(33-3)27(32-2)15-22(23)13-25(30)24(21)17-29(26)34-4;/h5-7,9-10,14-17,25H,8,11-13,18-19H2,1-4H3;1H/q+1;/p-1. The summed E-state index contributed by atoms with van der Waals surface area (Å²) in [5, 5.41) is 0. The second kappa shape index (κ2) is 10.5. The molecule has 2 aliphatic heterocycles. The van der Waals surface area contributed by atoms with E-state index in [2.05, 4.69) is 54.6 Å². The van der Waals surface area contributed by atoms with Gasteiger partial charge in [0.1, 0.15) is 19.1 Å². The van der Waals surface area contributed by atoms with E-state index in [1.54, 1.807) is 28.4 Å². The fourth-order valence-corrected chi connectivity index (χ4v) is 6.03. The van der Waals surface area contributed by atoms with Crippen LogP contribution >= 0.6 is 0 Å². The van der Waals surface area contributed by atoms with Crippen LogP contribution in [0.2, 0.25) is 0 Å². The number of quaternary nitrogens is 1. The number of halogens is 1. The molecule has 6 heteroatoms. The summed E-state index contributed by atoms with van der Waals surface area (Å²) in [5.74, 6) is 3.22. The van der Waals surface area contributed by atoms with Crippen LogP contribution in [0.4, 0.5) is 0 Å². The normalized spacial score (nSPS) is 20.3. The third kappa shape index (κ3) is 4.62. The van der Waals surface area contributed by atoms with Gasteiger partial charge in [-0.15, -0.1) is 0 Å². The molecule has 0 bridgehead atoms. The highest BCUT2D eigenvalue weighted by atomic mass is 79.9. The smallest absolute Gasteiger partial charge is 0.161 e. The minimum atomic E-state index is 0. The first-order valence-corrected chi connectivity index (χ1v) is 12.0. The Kier molecular flexibility index (Phi) is 7.62.